The van der Waals surface area contributed by atoms with Crippen molar-refractivity contribution in [2.75, 3.05) is 12.4 Å². The summed E-state index contributed by atoms with van der Waals surface area (Å²) >= 11 is 2.16. The van der Waals surface area contributed by atoms with Gasteiger partial charge in [0.15, 0.2) is 11.9 Å². The number of carbonyl (C=O) groups is 2. The second-order valence-corrected chi connectivity index (χ2v) is 6.85. The first-order valence-corrected chi connectivity index (χ1v) is 9.05. The fraction of sp³-hybridized carbons (Fsp3) is 0.105. The van der Waals surface area contributed by atoms with Gasteiger partial charge < -0.3 is 15.2 Å². The third-order valence-electron chi connectivity index (χ3n) is 3.82. The largest absolute Gasteiger partial charge is 0.465 e. The number of halogens is 1. The summed E-state index contributed by atoms with van der Waals surface area (Å²) in [6.07, 6.45) is 0.509. The molecule has 0 spiro atoms. The molecule has 27 heavy (non-hydrogen) atoms. The zero-order valence-electron chi connectivity index (χ0n) is 14.3. The Labute approximate surface area is 169 Å². The quantitative estimate of drug-likeness (QED) is 0.436. The Morgan fingerprint density at radius 3 is 2.70 bits per heavy atom. The van der Waals surface area contributed by atoms with Crippen LogP contribution in [0.4, 0.5) is 5.69 Å². The molecule has 1 unspecified atom stereocenters. The molecule has 0 saturated carbocycles. The summed E-state index contributed by atoms with van der Waals surface area (Å²) in [7, 11) is 1.27. The maximum atomic E-state index is 12.5. The van der Waals surface area contributed by atoms with Crippen LogP contribution in [0.15, 0.2) is 60.8 Å². The van der Waals surface area contributed by atoms with Crippen LogP contribution >= 0.6 is 22.6 Å². The van der Waals surface area contributed by atoms with Crippen molar-refractivity contribution in [1.29, 1.82) is 0 Å². The van der Waals surface area contributed by atoms with E-state index in [1.807, 2.05) is 18.2 Å². The Morgan fingerprint density at radius 2 is 1.96 bits per heavy atom. The molecule has 7 nitrogen and oxygen atoms in total. The van der Waals surface area contributed by atoms with Crippen molar-refractivity contribution in [2.24, 2.45) is 0 Å². The van der Waals surface area contributed by atoms with Crippen LogP contribution in [-0.4, -0.2) is 33.9 Å². The molecule has 0 aliphatic carbocycles. The second kappa shape index (κ2) is 8.31. The van der Waals surface area contributed by atoms with Crippen molar-refractivity contribution >= 4 is 40.2 Å². The molecule has 0 aliphatic heterocycles. The summed E-state index contributed by atoms with van der Waals surface area (Å²) in [5, 5.41) is 17.2. The van der Waals surface area contributed by atoms with Crippen molar-refractivity contribution in [3.05, 3.63) is 81.2 Å². The van der Waals surface area contributed by atoms with Crippen molar-refractivity contribution in [3.63, 3.8) is 0 Å². The van der Waals surface area contributed by atoms with Gasteiger partial charge in [-0.05, 0) is 52.9 Å². The van der Waals surface area contributed by atoms with Gasteiger partial charge in [0, 0.05) is 15.3 Å². The number of amides is 1. The van der Waals surface area contributed by atoms with Gasteiger partial charge in [-0.15, -0.1) is 0 Å². The standard InChI is InChI=1S/C19H16IN3O4/c1-27-19(26)14-7-2-3-8-15(14)21-17(24)16-9-10-23(22-16)18(25)12-5-4-6-13(20)11-12/h2-11,18,25H,1H3,(H,21,24). The highest BCUT2D eigenvalue weighted by Crippen LogP contribution is 2.19. The van der Waals surface area contributed by atoms with Gasteiger partial charge in [0.1, 0.15) is 0 Å². The highest BCUT2D eigenvalue weighted by Gasteiger charge is 2.18. The second-order valence-electron chi connectivity index (χ2n) is 5.60. The third kappa shape index (κ3) is 4.34. The maximum Gasteiger partial charge on any atom is 0.339 e. The molecular formula is C19H16IN3O4. The fourth-order valence-corrected chi connectivity index (χ4v) is 3.05. The topological polar surface area (TPSA) is 93.5 Å². The predicted octanol–water partition coefficient (Wildman–Crippen LogP) is 3.07. The zero-order chi connectivity index (χ0) is 19.4. The molecule has 2 aromatic carbocycles. The molecule has 3 rings (SSSR count). The summed E-state index contributed by atoms with van der Waals surface area (Å²) < 4.78 is 6.99. The molecule has 138 valence electrons. The number of ether oxygens (including phenoxy) is 1. The number of nitrogens with one attached hydrogen (secondary N) is 1. The van der Waals surface area contributed by atoms with E-state index in [1.165, 1.54) is 24.1 Å². The van der Waals surface area contributed by atoms with Gasteiger partial charge in [0.05, 0.1) is 18.4 Å². The number of benzene rings is 2. The number of carbonyl (C=O) groups excluding carboxylic acids is 2. The van der Waals surface area contributed by atoms with Crippen LogP contribution in [-0.2, 0) is 4.74 Å². The van der Waals surface area contributed by atoms with E-state index in [4.69, 9.17) is 4.74 Å². The molecule has 3 aromatic rings. The average Bonchev–Trinajstić information content (AvgIpc) is 3.17. The minimum absolute atomic E-state index is 0.111. The van der Waals surface area contributed by atoms with E-state index in [2.05, 4.69) is 33.0 Å². The third-order valence-corrected chi connectivity index (χ3v) is 4.49. The van der Waals surface area contributed by atoms with Crippen LogP contribution in [0.2, 0.25) is 0 Å². The lowest BCUT2D eigenvalue weighted by Crippen LogP contribution is -2.17. The molecular weight excluding hydrogens is 461 g/mol. The Morgan fingerprint density at radius 1 is 1.19 bits per heavy atom. The first kappa shape index (κ1) is 19.1. The van der Waals surface area contributed by atoms with Gasteiger partial charge in [-0.25, -0.2) is 9.48 Å². The lowest BCUT2D eigenvalue weighted by molar-refractivity contribution is 0.0602. The summed E-state index contributed by atoms with van der Waals surface area (Å²) in [4.78, 5) is 24.3. The van der Waals surface area contributed by atoms with Crippen molar-refractivity contribution in [1.82, 2.24) is 9.78 Å². The molecule has 8 heteroatoms. The normalized spacial score (nSPS) is 11.7. The molecule has 1 atom stereocenters. The van der Waals surface area contributed by atoms with Gasteiger partial charge in [-0.1, -0.05) is 24.3 Å². The maximum absolute atomic E-state index is 12.5. The number of anilines is 1. The highest BCUT2D eigenvalue weighted by atomic mass is 127. The van der Waals surface area contributed by atoms with E-state index in [0.29, 0.717) is 11.3 Å². The molecule has 1 amide bonds. The number of rotatable bonds is 5. The zero-order valence-corrected chi connectivity index (χ0v) is 16.5. The van der Waals surface area contributed by atoms with E-state index in [0.717, 1.165) is 3.57 Å². The van der Waals surface area contributed by atoms with Gasteiger partial charge in [-0.2, -0.15) is 5.10 Å². The number of methoxy groups -OCH3 is 1. The smallest absolute Gasteiger partial charge is 0.339 e. The monoisotopic (exact) mass is 477 g/mol. The first-order valence-electron chi connectivity index (χ1n) is 7.97. The number of esters is 1. The molecule has 0 aliphatic rings. The molecule has 0 fully saturated rings. The minimum atomic E-state index is -1.01. The van der Waals surface area contributed by atoms with Gasteiger partial charge >= 0.3 is 5.97 Å². The Kier molecular flexibility index (Phi) is 5.87. The van der Waals surface area contributed by atoms with Crippen LogP contribution in [0.25, 0.3) is 0 Å². The number of aromatic nitrogens is 2. The molecule has 0 saturated heterocycles. The number of aliphatic hydroxyl groups excluding tert-OH is 1. The SMILES string of the molecule is COC(=O)c1ccccc1NC(=O)c1ccn(C(O)c2cccc(I)c2)n1. The highest BCUT2D eigenvalue weighted by molar-refractivity contribution is 14.1. The first-order chi connectivity index (χ1) is 13.0. The van der Waals surface area contributed by atoms with E-state index in [-0.39, 0.29) is 11.3 Å². The van der Waals surface area contributed by atoms with Crippen LogP contribution in [0, 0.1) is 3.57 Å². The van der Waals surface area contributed by atoms with Gasteiger partial charge in [0.25, 0.3) is 5.91 Å². The van der Waals surface area contributed by atoms with E-state index in [9.17, 15) is 14.7 Å². The summed E-state index contributed by atoms with van der Waals surface area (Å²) in [6.45, 7) is 0. The van der Waals surface area contributed by atoms with Crippen LogP contribution in [0.5, 0.6) is 0 Å². The predicted molar refractivity (Wildman–Crippen MR) is 107 cm³/mol. The van der Waals surface area contributed by atoms with Crippen LogP contribution in [0.3, 0.4) is 0 Å². The van der Waals surface area contributed by atoms with Crippen molar-refractivity contribution in [3.8, 4) is 0 Å². The van der Waals surface area contributed by atoms with E-state index < -0.39 is 18.1 Å². The number of nitrogens with zero attached hydrogens (tertiary/aromatic N) is 2. The number of aliphatic hydroxyl groups is 1. The van der Waals surface area contributed by atoms with Gasteiger partial charge in [0.2, 0.25) is 0 Å². The molecule has 0 bridgehead atoms. The van der Waals surface area contributed by atoms with Crippen LogP contribution < -0.4 is 5.32 Å². The molecule has 2 N–H and O–H groups in total. The van der Waals surface area contributed by atoms with E-state index in [1.54, 1.807) is 30.3 Å². The molecule has 1 aromatic heterocycles. The molecule has 1 heterocycles. The summed E-state index contributed by atoms with van der Waals surface area (Å²) in [6, 6.07) is 15.4. The fourth-order valence-electron chi connectivity index (χ4n) is 2.48. The average molecular weight is 477 g/mol. The van der Waals surface area contributed by atoms with Crippen LogP contribution in [0.1, 0.15) is 32.6 Å². The lowest BCUT2D eigenvalue weighted by Gasteiger charge is -2.12. The lowest BCUT2D eigenvalue weighted by atomic mass is 10.1. The summed E-state index contributed by atoms with van der Waals surface area (Å²) in [5.41, 5.74) is 1.33. The number of hydrogen-bond acceptors (Lipinski definition) is 5. The van der Waals surface area contributed by atoms with Crippen molar-refractivity contribution in [2.45, 2.75) is 6.23 Å². The van der Waals surface area contributed by atoms with Gasteiger partial charge in [-0.3, -0.25) is 4.79 Å². The Balaban J connectivity index is 1.79. The Hall–Kier alpha value is -2.72. The Bertz CT molecular complexity index is 986. The van der Waals surface area contributed by atoms with Crippen molar-refractivity contribution < 1.29 is 19.4 Å². The van der Waals surface area contributed by atoms with E-state index >= 15 is 0 Å². The number of para-hydroxylation sites is 1. The number of hydrogen-bond donors (Lipinski definition) is 2. The summed E-state index contributed by atoms with van der Waals surface area (Å²) in [5.74, 6) is -1.05. The minimum Gasteiger partial charge on any atom is -0.465 e. The molecule has 0 radical (unpaired) electrons.